The molecule has 5 heteroatoms. The van der Waals surface area contributed by atoms with E-state index in [9.17, 15) is 0 Å². The summed E-state index contributed by atoms with van der Waals surface area (Å²) in [7, 11) is 0. The second kappa shape index (κ2) is 4.49. The number of anilines is 1. The summed E-state index contributed by atoms with van der Waals surface area (Å²) in [5, 5.41) is 12.8. The van der Waals surface area contributed by atoms with Crippen molar-refractivity contribution in [1.82, 2.24) is 9.66 Å². The Morgan fingerprint density at radius 3 is 2.65 bits per heavy atom. The van der Waals surface area contributed by atoms with Crippen molar-refractivity contribution in [3.8, 4) is 6.07 Å². The van der Waals surface area contributed by atoms with Crippen LogP contribution in [-0.2, 0) is 0 Å². The van der Waals surface area contributed by atoms with Gasteiger partial charge in [0.2, 0.25) is 5.95 Å². The summed E-state index contributed by atoms with van der Waals surface area (Å²) in [4.78, 5) is 4.03. The van der Waals surface area contributed by atoms with Crippen LogP contribution in [0.1, 0.15) is 16.8 Å². The van der Waals surface area contributed by atoms with Gasteiger partial charge in [-0.3, -0.25) is 0 Å². The average Bonchev–Trinajstić information content (AvgIpc) is 2.66. The lowest BCUT2D eigenvalue weighted by atomic mass is 10.2. The second-order valence-corrected chi connectivity index (χ2v) is 3.56. The molecule has 0 fully saturated rings. The SMILES string of the molecule is Cc1cn(N=Cc2ccc(C#N)cc2)c(N)n1. The summed E-state index contributed by atoms with van der Waals surface area (Å²) in [6.45, 7) is 1.85. The first-order valence-corrected chi connectivity index (χ1v) is 5.05. The minimum Gasteiger partial charge on any atom is -0.368 e. The third-order valence-electron chi connectivity index (χ3n) is 2.21. The highest BCUT2D eigenvalue weighted by atomic mass is 15.4. The summed E-state index contributed by atoms with van der Waals surface area (Å²) in [5.74, 6) is 0.354. The fourth-order valence-corrected chi connectivity index (χ4v) is 1.37. The maximum Gasteiger partial charge on any atom is 0.221 e. The number of nitrogen functional groups attached to an aromatic ring is 1. The van der Waals surface area contributed by atoms with Crippen LogP contribution in [0.4, 0.5) is 5.95 Å². The molecule has 1 aromatic heterocycles. The predicted molar refractivity (Wildman–Crippen MR) is 65.5 cm³/mol. The van der Waals surface area contributed by atoms with Gasteiger partial charge in [-0.05, 0) is 24.6 Å². The van der Waals surface area contributed by atoms with Gasteiger partial charge in [0, 0.05) is 0 Å². The van der Waals surface area contributed by atoms with E-state index in [-0.39, 0.29) is 0 Å². The Bertz CT molecular complexity index is 586. The number of rotatable bonds is 2. The Labute approximate surface area is 98.8 Å². The van der Waals surface area contributed by atoms with E-state index in [0.29, 0.717) is 11.5 Å². The quantitative estimate of drug-likeness (QED) is 0.787. The second-order valence-electron chi connectivity index (χ2n) is 3.56. The molecule has 84 valence electrons. The van der Waals surface area contributed by atoms with Gasteiger partial charge in [-0.15, -0.1) is 0 Å². The molecule has 0 bridgehead atoms. The lowest BCUT2D eigenvalue weighted by Crippen LogP contribution is -1.96. The van der Waals surface area contributed by atoms with Crippen LogP contribution in [0.25, 0.3) is 0 Å². The lowest BCUT2D eigenvalue weighted by molar-refractivity contribution is 0.897. The topological polar surface area (TPSA) is 80.0 Å². The van der Waals surface area contributed by atoms with Gasteiger partial charge < -0.3 is 5.73 Å². The molecule has 2 N–H and O–H groups in total. The molecule has 5 nitrogen and oxygen atoms in total. The zero-order chi connectivity index (χ0) is 12.3. The molecule has 1 heterocycles. The van der Waals surface area contributed by atoms with Gasteiger partial charge in [-0.25, -0.2) is 9.66 Å². The van der Waals surface area contributed by atoms with Gasteiger partial charge in [-0.1, -0.05) is 12.1 Å². The monoisotopic (exact) mass is 225 g/mol. The third-order valence-corrected chi connectivity index (χ3v) is 2.21. The summed E-state index contributed by atoms with van der Waals surface area (Å²) in [5.41, 5.74) is 7.99. The molecule has 0 aliphatic rings. The fraction of sp³-hybridized carbons (Fsp3) is 0.0833. The number of nitriles is 1. The van der Waals surface area contributed by atoms with Crippen LogP contribution in [-0.4, -0.2) is 15.9 Å². The van der Waals surface area contributed by atoms with E-state index in [4.69, 9.17) is 11.0 Å². The molecule has 0 unspecified atom stereocenters. The van der Waals surface area contributed by atoms with E-state index in [1.54, 1.807) is 24.5 Å². The molecule has 0 radical (unpaired) electrons. The van der Waals surface area contributed by atoms with Gasteiger partial charge in [0.25, 0.3) is 0 Å². The Kier molecular flexibility index (Phi) is 2.88. The summed E-state index contributed by atoms with van der Waals surface area (Å²) >= 11 is 0. The molecule has 2 aromatic rings. The molecule has 1 aromatic carbocycles. The van der Waals surface area contributed by atoms with E-state index < -0.39 is 0 Å². The van der Waals surface area contributed by atoms with Crippen molar-refractivity contribution in [2.24, 2.45) is 5.10 Å². The first kappa shape index (κ1) is 10.9. The van der Waals surface area contributed by atoms with Crippen LogP contribution in [0.15, 0.2) is 35.6 Å². The first-order valence-electron chi connectivity index (χ1n) is 5.05. The van der Waals surface area contributed by atoms with E-state index in [2.05, 4.69) is 16.2 Å². The zero-order valence-corrected chi connectivity index (χ0v) is 9.33. The Hall–Kier alpha value is -2.61. The fourth-order valence-electron chi connectivity index (χ4n) is 1.37. The molecule has 0 amide bonds. The van der Waals surface area contributed by atoms with E-state index >= 15 is 0 Å². The van der Waals surface area contributed by atoms with Crippen molar-refractivity contribution in [3.05, 3.63) is 47.3 Å². The van der Waals surface area contributed by atoms with Crippen LogP contribution in [0.5, 0.6) is 0 Å². The van der Waals surface area contributed by atoms with Crippen LogP contribution >= 0.6 is 0 Å². The van der Waals surface area contributed by atoms with Crippen LogP contribution in [0, 0.1) is 18.3 Å². The molecular weight excluding hydrogens is 214 g/mol. The van der Waals surface area contributed by atoms with E-state index in [1.165, 1.54) is 4.68 Å². The van der Waals surface area contributed by atoms with Crippen molar-refractivity contribution in [3.63, 3.8) is 0 Å². The molecule has 0 saturated heterocycles. The first-order chi connectivity index (χ1) is 8.19. The smallest absolute Gasteiger partial charge is 0.221 e. The van der Waals surface area contributed by atoms with E-state index in [0.717, 1.165) is 11.3 Å². The van der Waals surface area contributed by atoms with Crippen LogP contribution in [0.3, 0.4) is 0 Å². The normalized spacial score (nSPS) is 10.6. The molecule has 0 aliphatic heterocycles. The third kappa shape index (κ3) is 2.49. The summed E-state index contributed by atoms with van der Waals surface area (Å²) in [6, 6.07) is 9.18. The van der Waals surface area contributed by atoms with Crippen LogP contribution < -0.4 is 5.73 Å². The Morgan fingerprint density at radius 2 is 2.12 bits per heavy atom. The van der Waals surface area contributed by atoms with Crippen molar-refractivity contribution in [2.75, 3.05) is 5.73 Å². The summed E-state index contributed by atoms with van der Waals surface area (Å²) in [6.07, 6.45) is 3.41. The number of hydrogen-bond donors (Lipinski definition) is 1. The highest BCUT2D eigenvalue weighted by molar-refractivity contribution is 5.79. The molecule has 0 aliphatic carbocycles. The molecular formula is C12H11N5. The maximum atomic E-state index is 8.66. The maximum absolute atomic E-state index is 8.66. The Morgan fingerprint density at radius 1 is 1.41 bits per heavy atom. The van der Waals surface area contributed by atoms with Crippen molar-refractivity contribution >= 4 is 12.2 Å². The predicted octanol–water partition coefficient (Wildman–Crippen LogP) is 1.53. The molecule has 0 atom stereocenters. The van der Waals surface area contributed by atoms with Gasteiger partial charge >= 0.3 is 0 Å². The largest absolute Gasteiger partial charge is 0.368 e. The van der Waals surface area contributed by atoms with Gasteiger partial charge in [0.1, 0.15) is 0 Å². The standard InChI is InChI=1S/C12H11N5/c1-9-8-17(12(14)16-9)15-7-11-4-2-10(6-13)3-5-11/h2-5,7-8H,1H3,(H2,14,16). The minimum absolute atomic E-state index is 0.354. The van der Waals surface area contributed by atoms with Crippen LogP contribution in [0.2, 0.25) is 0 Å². The number of nitrogens with two attached hydrogens (primary N) is 1. The highest BCUT2D eigenvalue weighted by Gasteiger charge is 1.98. The number of aryl methyl sites for hydroxylation is 1. The Balaban J connectivity index is 2.20. The number of hydrogen-bond acceptors (Lipinski definition) is 4. The highest BCUT2D eigenvalue weighted by Crippen LogP contribution is 2.04. The number of aromatic nitrogens is 2. The molecule has 0 saturated carbocycles. The molecule has 2 rings (SSSR count). The van der Waals surface area contributed by atoms with Gasteiger partial charge in [0.15, 0.2) is 0 Å². The number of nitrogens with zero attached hydrogens (tertiary/aromatic N) is 4. The van der Waals surface area contributed by atoms with Crippen molar-refractivity contribution < 1.29 is 0 Å². The minimum atomic E-state index is 0.354. The molecule has 17 heavy (non-hydrogen) atoms. The van der Waals surface area contributed by atoms with Crippen molar-refractivity contribution in [2.45, 2.75) is 6.92 Å². The number of imidazole rings is 1. The van der Waals surface area contributed by atoms with E-state index in [1.807, 2.05) is 19.1 Å². The lowest BCUT2D eigenvalue weighted by Gasteiger charge is -1.95. The van der Waals surface area contributed by atoms with Crippen molar-refractivity contribution in [1.29, 1.82) is 5.26 Å². The number of benzene rings is 1. The average molecular weight is 225 g/mol. The molecule has 0 spiro atoms. The van der Waals surface area contributed by atoms with Gasteiger partial charge in [0.05, 0.1) is 29.7 Å². The zero-order valence-electron chi connectivity index (χ0n) is 9.33. The summed E-state index contributed by atoms with van der Waals surface area (Å²) < 4.78 is 1.51. The van der Waals surface area contributed by atoms with Gasteiger partial charge in [-0.2, -0.15) is 10.4 Å².